The number of nitrogens with zero attached hydrogens (tertiary/aromatic N) is 1. The molecule has 2 N–H and O–H groups in total. The molecule has 88 valence electrons. The van der Waals surface area contributed by atoms with Gasteiger partial charge in [0.1, 0.15) is 11.6 Å². The van der Waals surface area contributed by atoms with E-state index in [1.54, 1.807) is 7.11 Å². The summed E-state index contributed by atoms with van der Waals surface area (Å²) >= 11 is 0. The average Bonchev–Trinajstić information content (AvgIpc) is 3.05. The molecule has 0 saturated heterocycles. The first-order chi connectivity index (χ1) is 8.36. The third-order valence-corrected chi connectivity index (χ3v) is 2.90. The van der Waals surface area contributed by atoms with Crippen LogP contribution in [0.2, 0.25) is 0 Å². The lowest BCUT2D eigenvalue weighted by Gasteiger charge is -2.05. The van der Waals surface area contributed by atoms with Crippen LogP contribution in [0, 0.1) is 0 Å². The summed E-state index contributed by atoms with van der Waals surface area (Å²) in [4.78, 5) is 0. The van der Waals surface area contributed by atoms with E-state index in [0.29, 0.717) is 6.04 Å². The second-order valence-electron chi connectivity index (χ2n) is 4.29. The Morgan fingerprint density at radius 2 is 2.18 bits per heavy atom. The van der Waals surface area contributed by atoms with E-state index in [0.717, 1.165) is 22.8 Å². The van der Waals surface area contributed by atoms with Crippen molar-refractivity contribution in [2.45, 2.75) is 18.9 Å². The lowest BCUT2D eigenvalue weighted by Crippen LogP contribution is -2.00. The minimum absolute atomic E-state index is 0.615. The van der Waals surface area contributed by atoms with Crippen molar-refractivity contribution in [1.82, 2.24) is 10.2 Å². The monoisotopic (exact) mass is 229 g/mol. The van der Waals surface area contributed by atoms with Crippen molar-refractivity contribution in [2.24, 2.45) is 0 Å². The predicted octanol–water partition coefficient (Wildman–Crippen LogP) is 2.66. The Morgan fingerprint density at radius 3 is 2.94 bits per heavy atom. The molecule has 3 rings (SSSR count). The van der Waals surface area contributed by atoms with Gasteiger partial charge in [0.25, 0.3) is 0 Å². The first-order valence-electron chi connectivity index (χ1n) is 5.82. The van der Waals surface area contributed by atoms with Gasteiger partial charge < -0.3 is 10.1 Å². The fraction of sp³-hybridized carbons (Fsp3) is 0.308. The summed E-state index contributed by atoms with van der Waals surface area (Å²) in [5, 5.41) is 10.7. The SMILES string of the molecule is COc1ccccc1-c1cc(NC2CC2)n[nH]1. The van der Waals surface area contributed by atoms with Crippen LogP contribution >= 0.6 is 0 Å². The van der Waals surface area contributed by atoms with Gasteiger partial charge in [-0.25, -0.2) is 0 Å². The van der Waals surface area contributed by atoms with E-state index in [1.807, 2.05) is 30.3 Å². The number of aromatic nitrogens is 2. The smallest absolute Gasteiger partial charge is 0.148 e. The fourth-order valence-electron chi connectivity index (χ4n) is 1.84. The number of hydrogen-bond donors (Lipinski definition) is 2. The molecule has 0 unspecified atom stereocenters. The highest BCUT2D eigenvalue weighted by molar-refractivity contribution is 5.69. The Hall–Kier alpha value is -1.97. The Kier molecular flexibility index (Phi) is 2.48. The number of hydrogen-bond acceptors (Lipinski definition) is 3. The van der Waals surface area contributed by atoms with E-state index >= 15 is 0 Å². The normalized spacial score (nSPS) is 14.6. The standard InChI is InChI=1S/C13H15N3O/c1-17-12-5-3-2-4-10(12)11-8-13(16-15-11)14-9-6-7-9/h2-5,8-9H,6-7H2,1H3,(H2,14,15,16). The van der Waals surface area contributed by atoms with Gasteiger partial charge in [-0.1, -0.05) is 12.1 Å². The molecular weight excluding hydrogens is 214 g/mol. The highest BCUT2D eigenvalue weighted by atomic mass is 16.5. The number of anilines is 1. The van der Waals surface area contributed by atoms with Crippen LogP contribution in [0.3, 0.4) is 0 Å². The third-order valence-electron chi connectivity index (χ3n) is 2.90. The molecule has 0 radical (unpaired) electrons. The van der Waals surface area contributed by atoms with Gasteiger partial charge in [0.2, 0.25) is 0 Å². The minimum Gasteiger partial charge on any atom is -0.496 e. The number of ether oxygens (including phenoxy) is 1. The van der Waals surface area contributed by atoms with E-state index in [-0.39, 0.29) is 0 Å². The van der Waals surface area contributed by atoms with E-state index in [1.165, 1.54) is 12.8 Å². The summed E-state index contributed by atoms with van der Waals surface area (Å²) in [6.45, 7) is 0. The van der Waals surface area contributed by atoms with Crippen molar-refractivity contribution in [3.63, 3.8) is 0 Å². The lowest BCUT2D eigenvalue weighted by molar-refractivity contribution is 0.416. The number of benzene rings is 1. The van der Waals surface area contributed by atoms with E-state index in [2.05, 4.69) is 15.5 Å². The number of aromatic amines is 1. The molecule has 1 heterocycles. The van der Waals surface area contributed by atoms with Gasteiger partial charge in [-0.3, -0.25) is 5.10 Å². The van der Waals surface area contributed by atoms with Gasteiger partial charge in [0, 0.05) is 17.7 Å². The molecule has 1 aliphatic carbocycles. The van der Waals surface area contributed by atoms with Crippen molar-refractivity contribution in [3.8, 4) is 17.0 Å². The second kappa shape index (κ2) is 4.13. The van der Waals surface area contributed by atoms with E-state index in [4.69, 9.17) is 4.74 Å². The maximum atomic E-state index is 5.33. The van der Waals surface area contributed by atoms with Crippen LogP contribution in [0.25, 0.3) is 11.3 Å². The first-order valence-corrected chi connectivity index (χ1v) is 5.82. The van der Waals surface area contributed by atoms with Gasteiger partial charge in [-0.2, -0.15) is 5.10 Å². The number of methoxy groups -OCH3 is 1. The van der Waals surface area contributed by atoms with Crippen molar-refractivity contribution in [3.05, 3.63) is 30.3 Å². The Labute approximate surface area is 100 Å². The molecule has 0 spiro atoms. The highest BCUT2D eigenvalue weighted by Gasteiger charge is 2.22. The molecule has 1 aliphatic rings. The van der Waals surface area contributed by atoms with Gasteiger partial charge in [-0.15, -0.1) is 0 Å². The molecule has 4 heteroatoms. The predicted molar refractivity (Wildman–Crippen MR) is 67.2 cm³/mol. The molecule has 4 nitrogen and oxygen atoms in total. The molecule has 1 fully saturated rings. The highest BCUT2D eigenvalue weighted by Crippen LogP contribution is 2.30. The van der Waals surface area contributed by atoms with Gasteiger partial charge in [-0.05, 0) is 25.0 Å². The number of para-hydroxylation sites is 1. The Bertz CT molecular complexity index is 517. The zero-order valence-electron chi connectivity index (χ0n) is 9.73. The van der Waals surface area contributed by atoms with Crippen molar-refractivity contribution >= 4 is 5.82 Å². The quantitative estimate of drug-likeness (QED) is 0.847. The molecule has 0 atom stereocenters. The van der Waals surface area contributed by atoms with Gasteiger partial charge >= 0.3 is 0 Å². The average molecular weight is 229 g/mol. The first kappa shape index (κ1) is 10.2. The zero-order valence-corrected chi connectivity index (χ0v) is 9.73. The van der Waals surface area contributed by atoms with Gasteiger partial charge in [0.05, 0.1) is 12.8 Å². The largest absolute Gasteiger partial charge is 0.496 e. The summed E-state index contributed by atoms with van der Waals surface area (Å²) < 4.78 is 5.33. The fourth-order valence-corrected chi connectivity index (χ4v) is 1.84. The lowest BCUT2D eigenvalue weighted by atomic mass is 10.1. The summed E-state index contributed by atoms with van der Waals surface area (Å²) in [6, 6.07) is 10.6. The Morgan fingerprint density at radius 1 is 1.35 bits per heavy atom. The van der Waals surface area contributed by atoms with Crippen LogP contribution in [-0.4, -0.2) is 23.3 Å². The van der Waals surface area contributed by atoms with Crippen molar-refractivity contribution < 1.29 is 4.74 Å². The molecule has 17 heavy (non-hydrogen) atoms. The number of H-pyrrole nitrogens is 1. The molecule has 0 aliphatic heterocycles. The van der Waals surface area contributed by atoms with Crippen molar-refractivity contribution in [2.75, 3.05) is 12.4 Å². The van der Waals surface area contributed by atoms with E-state index in [9.17, 15) is 0 Å². The van der Waals surface area contributed by atoms with Crippen LogP contribution in [0.4, 0.5) is 5.82 Å². The van der Waals surface area contributed by atoms with Crippen LogP contribution in [-0.2, 0) is 0 Å². The summed E-state index contributed by atoms with van der Waals surface area (Å²) in [6.07, 6.45) is 2.49. The summed E-state index contributed by atoms with van der Waals surface area (Å²) in [5.41, 5.74) is 2.01. The van der Waals surface area contributed by atoms with Gasteiger partial charge in [0.15, 0.2) is 0 Å². The maximum absolute atomic E-state index is 5.33. The molecule has 2 aromatic rings. The van der Waals surface area contributed by atoms with Crippen LogP contribution in [0.5, 0.6) is 5.75 Å². The molecule has 1 aromatic heterocycles. The molecule has 1 saturated carbocycles. The molecule has 0 bridgehead atoms. The third kappa shape index (κ3) is 2.11. The van der Waals surface area contributed by atoms with E-state index < -0.39 is 0 Å². The molecule has 0 amide bonds. The molecule has 1 aromatic carbocycles. The maximum Gasteiger partial charge on any atom is 0.148 e. The zero-order chi connectivity index (χ0) is 11.7. The summed E-state index contributed by atoms with van der Waals surface area (Å²) in [5.74, 6) is 1.77. The molecular formula is C13H15N3O. The van der Waals surface area contributed by atoms with Crippen LogP contribution in [0.15, 0.2) is 30.3 Å². The summed E-state index contributed by atoms with van der Waals surface area (Å²) in [7, 11) is 1.68. The topological polar surface area (TPSA) is 49.9 Å². The Balaban J connectivity index is 1.88. The van der Waals surface area contributed by atoms with Crippen LogP contribution in [0.1, 0.15) is 12.8 Å². The second-order valence-corrected chi connectivity index (χ2v) is 4.29. The minimum atomic E-state index is 0.615. The number of nitrogens with one attached hydrogen (secondary N) is 2. The number of rotatable bonds is 4. The van der Waals surface area contributed by atoms with Crippen LogP contribution < -0.4 is 10.1 Å². The van der Waals surface area contributed by atoms with Crippen molar-refractivity contribution in [1.29, 1.82) is 0 Å².